The van der Waals surface area contributed by atoms with E-state index in [1.54, 1.807) is 0 Å². The molecule has 0 fully saturated rings. The lowest BCUT2D eigenvalue weighted by Crippen LogP contribution is -2.07. The van der Waals surface area contributed by atoms with E-state index in [1.165, 1.54) is 0 Å². The molecular formula is C8H6O9. The molecule has 0 bridgehead atoms. The van der Waals surface area contributed by atoms with E-state index in [9.17, 15) is 19.8 Å². The number of phenols is 4. The SMILES string of the molecule is O=C(O)c1c(O)c(O)c(O)c(C(=O)OO)c1O. The minimum absolute atomic E-state index is 1.19. The minimum atomic E-state index is -1.87. The standard InChI is InChI=1S/C8H6O9/c9-3-1(7(13)14)4(10)6(12)5(11)2(3)8(15)17-16/h9-12,16H,(H,13,14). The highest BCUT2D eigenvalue weighted by atomic mass is 17.1. The van der Waals surface area contributed by atoms with E-state index < -0.39 is 46.1 Å². The maximum Gasteiger partial charge on any atom is 0.380 e. The summed E-state index contributed by atoms with van der Waals surface area (Å²) < 4.78 is 0. The zero-order chi connectivity index (χ0) is 13.3. The van der Waals surface area contributed by atoms with Crippen LogP contribution in [0.3, 0.4) is 0 Å². The Morgan fingerprint density at radius 1 is 0.824 bits per heavy atom. The fourth-order valence-corrected chi connectivity index (χ4v) is 1.14. The van der Waals surface area contributed by atoms with Crippen molar-refractivity contribution in [3.05, 3.63) is 11.1 Å². The highest BCUT2D eigenvalue weighted by molar-refractivity contribution is 6.04. The molecule has 9 nitrogen and oxygen atoms in total. The van der Waals surface area contributed by atoms with Gasteiger partial charge in [0.1, 0.15) is 5.56 Å². The van der Waals surface area contributed by atoms with Crippen LogP contribution < -0.4 is 0 Å². The normalized spacial score (nSPS) is 9.94. The van der Waals surface area contributed by atoms with Gasteiger partial charge in [-0.15, -0.1) is 0 Å². The Kier molecular flexibility index (Phi) is 2.96. The molecule has 0 aliphatic heterocycles. The Hall–Kier alpha value is -2.68. The number of carboxylic acid groups (broad SMARTS) is 1. The van der Waals surface area contributed by atoms with E-state index in [1.807, 2.05) is 0 Å². The van der Waals surface area contributed by atoms with Crippen LogP contribution in [0.15, 0.2) is 0 Å². The first-order chi connectivity index (χ1) is 7.82. The van der Waals surface area contributed by atoms with Gasteiger partial charge in [0, 0.05) is 0 Å². The van der Waals surface area contributed by atoms with Crippen molar-refractivity contribution in [3.63, 3.8) is 0 Å². The second-order valence-corrected chi connectivity index (χ2v) is 2.83. The van der Waals surface area contributed by atoms with Crippen molar-refractivity contribution in [2.45, 2.75) is 0 Å². The van der Waals surface area contributed by atoms with Crippen molar-refractivity contribution >= 4 is 11.9 Å². The number of aromatic hydroxyl groups is 4. The Labute approximate surface area is 92.3 Å². The van der Waals surface area contributed by atoms with Gasteiger partial charge in [0.25, 0.3) is 0 Å². The van der Waals surface area contributed by atoms with Crippen LogP contribution in [0.2, 0.25) is 0 Å². The number of carbonyl (C=O) groups excluding carboxylic acids is 1. The Morgan fingerprint density at radius 3 is 1.71 bits per heavy atom. The zero-order valence-electron chi connectivity index (χ0n) is 7.91. The minimum Gasteiger partial charge on any atom is -0.506 e. The molecule has 0 atom stereocenters. The van der Waals surface area contributed by atoms with Gasteiger partial charge in [0.15, 0.2) is 22.8 Å². The van der Waals surface area contributed by atoms with Crippen LogP contribution in [0.4, 0.5) is 0 Å². The number of benzene rings is 1. The van der Waals surface area contributed by atoms with Gasteiger partial charge in [0.2, 0.25) is 5.75 Å². The molecule has 0 unspecified atom stereocenters. The lowest BCUT2D eigenvalue weighted by Gasteiger charge is -2.10. The fourth-order valence-electron chi connectivity index (χ4n) is 1.14. The number of aromatic carboxylic acids is 1. The van der Waals surface area contributed by atoms with Gasteiger partial charge in [0.05, 0.1) is 0 Å². The Balaban J connectivity index is 3.74. The second-order valence-electron chi connectivity index (χ2n) is 2.83. The first-order valence-electron chi connectivity index (χ1n) is 3.91. The molecule has 0 aromatic heterocycles. The van der Waals surface area contributed by atoms with E-state index in [0.717, 1.165) is 0 Å². The largest absolute Gasteiger partial charge is 0.506 e. The summed E-state index contributed by atoms with van der Waals surface area (Å²) in [6.45, 7) is 0. The van der Waals surface area contributed by atoms with Gasteiger partial charge in [-0.3, -0.25) is 4.89 Å². The predicted molar refractivity (Wildman–Crippen MR) is 48.1 cm³/mol. The molecule has 0 amide bonds. The molecule has 0 saturated carbocycles. The predicted octanol–water partition coefficient (Wildman–Crippen LogP) is -0.163. The topological polar surface area (TPSA) is 165 Å². The molecule has 1 aromatic rings. The van der Waals surface area contributed by atoms with Gasteiger partial charge in [-0.2, -0.15) is 5.26 Å². The third-order valence-electron chi connectivity index (χ3n) is 1.90. The van der Waals surface area contributed by atoms with Gasteiger partial charge in [-0.25, -0.2) is 9.59 Å². The van der Waals surface area contributed by atoms with Crippen LogP contribution in [0.25, 0.3) is 0 Å². The van der Waals surface area contributed by atoms with Gasteiger partial charge < -0.3 is 25.5 Å². The van der Waals surface area contributed by atoms with Crippen LogP contribution >= 0.6 is 0 Å². The maximum atomic E-state index is 10.9. The molecule has 92 valence electrons. The van der Waals surface area contributed by atoms with Crippen LogP contribution in [-0.2, 0) is 4.89 Å². The van der Waals surface area contributed by atoms with Crippen LogP contribution in [0.1, 0.15) is 20.7 Å². The molecule has 6 N–H and O–H groups in total. The fraction of sp³-hybridized carbons (Fsp3) is 0. The summed E-state index contributed by atoms with van der Waals surface area (Å²) in [5.74, 6) is -8.95. The number of hydrogen-bond acceptors (Lipinski definition) is 8. The lowest BCUT2D eigenvalue weighted by molar-refractivity contribution is -0.183. The number of rotatable bonds is 2. The first kappa shape index (κ1) is 12.4. The summed E-state index contributed by atoms with van der Waals surface area (Å²) in [5.41, 5.74) is -2.42. The summed E-state index contributed by atoms with van der Waals surface area (Å²) in [7, 11) is 0. The van der Waals surface area contributed by atoms with E-state index in [-0.39, 0.29) is 0 Å². The van der Waals surface area contributed by atoms with Crippen molar-refractivity contribution in [1.29, 1.82) is 0 Å². The molecule has 1 aromatic carbocycles. The maximum absolute atomic E-state index is 10.9. The van der Waals surface area contributed by atoms with Crippen molar-refractivity contribution in [3.8, 4) is 23.0 Å². The van der Waals surface area contributed by atoms with Crippen LogP contribution in [0.5, 0.6) is 23.0 Å². The summed E-state index contributed by atoms with van der Waals surface area (Å²) >= 11 is 0. The highest BCUT2D eigenvalue weighted by Gasteiger charge is 2.31. The van der Waals surface area contributed by atoms with Gasteiger partial charge in [-0.1, -0.05) is 0 Å². The first-order valence-corrected chi connectivity index (χ1v) is 3.91. The summed E-state index contributed by atoms with van der Waals surface area (Å²) in [4.78, 5) is 24.7. The van der Waals surface area contributed by atoms with Gasteiger partial charge in [-0.05, 0) is 0 Å². The molecule has 17 heavy (non-hydrogen) atoms. The molecule has 0 aliphatic carbocycles. The molecule has 9 heteroatoms. The van der Waals surface area contributed by atoms with E-state index in [2.05, 4.69) is 4.89 Å². The monoisotopic (exact) mass is 246 g/mol. The van der Waals surface area contributed by atoms with Gasteiger partial charge >= 0.3 is 11.9 Å². The van der Waals surface area contributed by atoms with Crippen LogP contribution in [-0.4, -0.2) is 42.7 Å². The van der Waals surface area contributed by atoms with Crippen molar-refractivity contribution in [2.24, 2.45) is 0 Å². The summed E-state index contributed by atoms with van der Waals surface area (Å²) in [6.07, 6.45) is 0. The zero-order valence-corrected chi connectivity index (χ0v) is 7.91. The molecule has 0 saturated heterocycles. The molecule has 0 radical (unpaired) electrons. The molecule has 0 spiro atoms. The third kappa shape index (κ3) is 1.74. The molecule has 0 aliphatic rings. The summed E-state index contributed by atoms with van der Waals surface area (Å²) in [6, 6.07) is 0. The average molecular weight is 246 g/mol. The van der Waals surface area contributed by atoms with E-state index in [0.29, 0.717) is 0 Å². The smallest absolute Gasteiger partial charge is 0.380 e. The van der Waals surface area contributed by atoms with E-state index in [4.69, 9.17) is 20.6 Å². The second kappa shape index (κ2) is 4.06. The van der Waals surface area contributed by atoms with E-state index >= 15 is 0 Å². The molecule has 1 rings (SSSR count). The number of hydrogen-bond donors (Lipinski definition) is 6. The Morgan fingerprint density at radius 2 is 1.29 bits per heavy atom. The highest BCUT2D eigenvalue weighted by Crippen LogP contribution is 2.46. The number of carbonyl (C=O) groups is 2. The third-order valence-corrected chi connectivity index (χ3v) is 1.90. The molecule has 0 heterocycles. The van der Waals surface area contributed by atoms with Crippen molar-refractivity contribution < 1.29 is 45.3 Å². The van der Waals surface area contributed by atoms with Crippen molar-refractivity contribution in [2.75, 3.05) is 0 Å². The van der Waals surface area contributed by atoms with Crippen molar-refractivity contribution in [1.82, 2.24) is 0 Å². The number of carboxylic acids is 1. The Bertz CT molecular complexity index is 504. The average Bonchev–Trinajstić information content (AvgIpc) is 2.25. The van der Waals surface area contributed by atoms with Crippen LogP contribution in [0, 0.1) is 0 Å². The molecular weight excluding hydrogens is 240 g/mol. The summed E-state index contributed by atoms with van der Waals surface area (Å²) in [5, 5.41) is 53.5. The number of phenolic OH excluding ortho intramolecular Hbond substituents is 2. The lowest BCUT2D eigenvalue weighted by atomic mass is 10.0. The quantitative estimate of drug-likeness (QED) is 0.180.